The van der Waals surface area contributed by atoms with Crippen molar-refractivity contribution >= 4 is 11.5 Å². The summed E-state index contributed by atoms with van der Waals surface area (Å²) in [6.07, 6.45) is 1.95. The van der Waals surface area contributed by atoms with Crippen LogP contribution in [0.2, 0.25) is 0 Å². The molecule has 1 aromatic heterocycles. The van der Waals surface area contributed by atoms with E-state index in [9.17, 15) is 5.11 Å². The molecule has 0 bridgehead atoms. The SMILES string of the molecule is CC(O)(CCN)c1ncns1. The maximum atomic E-state index is 9.70. The van der Waals surface area contributed by atoms with Crippen LogP contribution < -0.4 is 5.73 Å². The second-order valence-electron chi connectivity index (χ2n) is 2.56. The fraction of sp³-hybridized carbons (Fsp3) is 0.667. The molecule has 1 unspecified atom stereocenters. The average molecular weight is 173 g/mol. The Morgan fingerprint density at radius 1 is 1.82 bits per heavy atom. The summed E-state index contributed by atoms with van der Waals surface area (Å²) in [4.78, 5) is 3.91. The number of aliphatic hydroxyl groups is 1. The van der Waals surface area contributed by atoms with Gasteiger partial charge in [-0.1, -0.05) is 0 Å². The van der Waals surface area contributed by atoms with Crippen molar-refractivity contribution in [2.75, 3.05) is 6.54 Å². The van der Waals surface area contributed by atoms with Gasteiger partial charge in [0.1, 0.15) is 16.9 Å². The highest BCUT2D eigenvalue weighted by Crippen LogP contribution is 2.23. The Balaban J connectivity index is 2.73. The van der Waals surface area contributed by atoms with Crippen molar-refractivity contribution in [3.8, 4) is 0 Å². The van der Waals surface area contributed by atoms with E-state index in [1.807, 2.05) is 0 Å². The molecule has 0 saturated carbocycles. The Bertz CT molecular complexity index is 210. The molecule has 0 amide bonds. The van der Waals surface area contributed by atoms with E-state index in [0.717, 1.165) is 0 Å². The molecule has 1 atom stereocenters. The Labute approximate surface area is 69.2 Å². The number of nitrogens with zero attached hydrogens (tertiary/aromatic N) is 2. The molecule has 62 valence electrons. The van der Waals surface area contributed by atoms with Crippen LogP contribution in [0.1, 0.15) is 18.4 Å². The molecule has 4 nitrogen and oxygen atoms in total. The van der Waals surface area contributed by atoms with E-state index in [-0.39, 0.29) is 0 Å². The Hall–Kier alpha value is -0.520. The summed E-state index contributed by atoms with van der Waals surface area (Å²) in [5.74, 6) is 0. The van der Waals surface area contributed by atoms with Crippen LogP contribution in [-0.2, 0) is 5.60 Å². The van der Waals surface area contributed by atoms with E-state index >= 15 is 0 Å². The molecule has 1 aromatic rings. The third kappa shape index (κ3) is 1.95. The molecule has 3 N–H and O–H groups in total. The highest BCUT2D eigenvalue weighted by molar-refractivity contribution is 7.05. The lowest BCUT2D eigenvalue weighted by Gasteiger charge is -2.18. The van der Waals surface area contributed by atoms with Gasteiger partial charge in [0.25, 0.3) is 0 Å². The maximum Gasteiger partial charge on any atom is 0.145 e. The predicted molar refractivity (Wildman–Crippen MR) is 43.2 cm³/mol. The smallest absolute Gasteiger partial charge is 0.145 e. The van der Waals surface area contributed by atoms with Crippen LogP contribution >= 0.6 is 11.5 Å². The Morgan fingerprint density at radius 2 is 2.55 bits per heavy atom. The van der Waals surface area contributed by atoms with Gasteiger partial charge in [0.2, 0.25) is 0 Å². The molecule has 11 heavy (non-hydrogen) atoms. The third-order valence-electron chi connectivity index (χ3n) is 1.45. The normalized spacial score (nSPS) is 16.3. The summed E-state index contributed by atoms with van der Waals surface area (Å²) in [5.41, 5.74) is 4.41. The fourth-order valence-corrected chi connectivity index (χ4v) is 1.39. The van der Waals surface area contributed by atoms with Gasteiger partial charge in [-0.25, -0.2) is 4.98 Å². The molecular weight excluding hydrogens is 162 g/mol. The van der Waals surface area contributed by atoms with Crippen LogP contribution in [0.15, 0.2) is 6.33 Å². The lowest BCUT2D eigenvalue weighted by Crippen LogP contribution is -2.24. The minimum absolute atomic E-state index is 0.451. The first-order chi connectivity index (χ1) is 5.17. The van der Waals surface area contributed by atoms with Gasteiger partial charge in [-0.15, -0.1) is 0 Å². The molecule has 5 heteroatoms. The highest BCUT2D eigenvalue weighted by Gasteiger charge is 2.25. The number of rotatable bonds is 3. The lowest BCUT2D eigenvalue weighted by molar-refractivity contribution is 0.0501. The molecule has 0 aromatic carbocycles. The largest absolute Gasteiger partial charge is 0.383 e. The van der Waals surface area contributed by atoms with Gasteiger partial charge >= 0.3 is 0 Å². The summed E-state index contributed by atoms with van der Waals surface area (Å²) >= 11 is 1.20. The van der Waals surface area contributed by atoms with Crippen molar-refractivity contribution in [1.82, 2.24) is 9.36 Å². The van der Waals surface area contributed by atoms with Gasteiger partial charge in [0, 0.05) is 0 Å². The zero-order valence-corrected chi connectivity index (χ0v) is 7.14. The Kier molecular flexibility index (Phi) is 2.53. The summed E-state index contributed by atoms with van der Waals surface area (Å²) < 4.78 is 3.80. The van der Waals surface area contributed by atoms with Gasteiger partial charge in [0.15, 0.2) is 0 Å². The summed E-state index contributed by atoms with van der Waals surface area (Å²) in [6.45, 7) is 2.15. The summed E-state index contributed by atoms with van der Waals surface area (Å²) in [7, 11) is 0. The standard InChI is InChI=1S/C6H11N3OS/c1-6(10,2-3-7)5-8-4-9-11-5/h4,10H,2-3,7H2,1H3. The first-order valence-electron chi connectivity index (χ1n) is 3.36. The van der Waals surface area contributed by atoms with Crippen molar-refractivity contribution in [3.63, 3.8) is 0 Å². The number of hydrogen-bond acceptors (Lipinski definition) is 5. The molecule has 0 aliphatic carbocycles. The van der Waals surface area contributed by atoms with Crippen molar-refractivity contribution in [2.24, 2.45) is 5.73 Å². The van der Waals surface area contributed by atoms with Crippen LogP contribution in [-0.4, -0.2) is 21.0 Å². The highest BCUT2D eigenvalue weighted by atomic mass is 32.1. The van der Waals surface area contributed by atoms with Crippen molar-refractivity contribution < 1.29 is 5.11 Å². The molecule has 0 radical (unpaired) electrons. The van der Waals surface area contributed by atoms with E-state index in [4.69, 9.17) is 5.73 Å². The van der Waals surface area contributed by atoms with E-state index in [2.05, 4.69) is 9.36 Å². The van der Waals surface area contributed by atoms with Crippen LogP contribution in [0.3, 0.4) is 0 Å². The van der Waals surface area contributed by atoms with E-state index in [1.165, 1.54) is 17.9 Å². The maximum absolute atomic E-state index is 9.70. The number of nitrogens with two attached hydrogens (primary N) is 1. The molecular formula is C6H11N3OS. The molecule has 0 fully saturated rings. The topological polar surface area (TPSA) is 72.0 Å². The first-order valence-corrected chi connectivity index (χ1v) is 4.14. The molecule has 0 aliphatic heterocycles. The van der Waals surface area contributed by atoms with Gasteiger partial charge in [0.05, 0.1) is 0 Å². The zero-order chi connectivity index (χ0) is 8.32. The second-order valence-corrected chi connectivity index (χ2v) is 3.34. The van der Waals surface area contributed by atoms with Crippen LogP contribution in [0, 0.1) is 0 Å². The van der Waals surface area contributed by atoms with Crippen molar-refractivity contribution in [3.05, 3.63) is 11.3 Å². The van der Waals surface area contributed by atoms with E-state index in [1.54, 1.807) is 6.92 Å². The second kappa shape index (κ2) is 3.25. The first kappa shape index (κ1) is 8.58. The fourth-order valence-electron chi connectivity index (χ4n) is 0.798. The molecule has 0 spiro atoms. The lowest BCUT2D eigenvalue weighted by atomic mass is 10.0. The van der Waals surface area contributed by atoms with Crippen LogP contribution in [0.25, 0.3) is 0 Å². The van der Waals surface area contributed by atoms with Crippen LogP contribution in [0.4, 0.5) is 0 Å². The van der Waals surface area contributed by atoms with E-state index < -0.39 is 5.60 Å². The van der Waals surface area contributed by atoms with Gasteiger partial charge in [-0.3, -0.25) is 0 Å². The monoisotopic (exact) mass is 173 g/mol. The average Bonchev–Trinajstić information content (AvgIpc) is 2.37. The Morgan fingerprint density at radius 3 is 3.00 bits per heavy atom. The summed E-state index contributed by atoms with van der Waals surface area (Å²) in [5, 5.41) is 10.3. The molecule has 0 saturated heterocycles. The minimum atomic E-state index is -0.907. The quantitative estimate of drug-likeness (QED) is 0.679. The van der Waals surface area contributed by atoms with Gasteiger partial charge in [-0.2, -0.15) is 4.37 Å². The molecule has 0 aliphatic rings. The zero-order valence-electron chi connectivity index (χ0n) is 6.32. The van der Waals surface area contributed by atoms with Gasteiger partial charge < -0.3 is 10.8 Å². The number of hydrogen-bond donors (Lipinski definition) is 2. The number of aromatic nitrogens is 2. The van der Waals surface area contributed by atoms with Crippen molar-refractivity contribution in [1.29, 1.82) is 0 Å². The minimum Gasteiger partial charge on any atom is -0.383 e. The summed E-state index contributed by atoms with van der Waals surface area (Å²) in [6, 6.07) is 0. The van der Waals surface area contributed by atoms with Crippen molar-refractivity contribution in [2.45, 2.75) is 18.9 Å². The predicted octanol–water partition coefficient (Wildman–Crippen LogP) is 0.0944. The molecule has 1 rings (SSSR count). The van der Waals surface area contributed by atoms with Gasteiger partial charge in [-0.05, 0) is 31.4 Å². The third-order valence-corrected chi connectivity index (χ3v) is 2.37. The van der Waals surface area contributed by atoms with E-state index in [0.29, 0.717) is 18.0 Å². The van der Waals surface area contributed by atoms with Crippen LogP contribution in [0.5, 0.6) is 0 Å². The molecule has 1 heterocycles.